The Bertz CT molecular complexity index is 1430. The summed E-state index contributed by atoms with van der Waals surface area (Å²) >= 11 is 0. The van der Waals surface area contributed by atoms with Gasteiger partial charge in [0.2, 0.25) is 0 Å². The Hall–Kier alpha value is -3.38. The molecular formula is C33H32. The standard InChI is InChI=1S/C33H32/c1-6-12-26-25-14-9-8-13-23(25)17-19-28(26)32(22(3)7-2)24-18-20-31-29(21-24)27-15-10-11-16-30(27)33(31,4)5/h6,8-21H,7H2,1-5H3/b12-6-,32-22-. The van der Waals surface area contributed by atoms with Gasteiger partial charge in [-0.2, -0.15) is 0 Å². The first kappa shape index (κ1) is 21.5. The lowest BCUT2D eigenvalue weighted by Gasteiger charge is -2.22. The third-order valence-corrected chi connectivity index (χ3v) is 7.40. The van der Waals surface area contributed by atoms with E-state index in [0.717, 1.165) is 6.42 Å². The summed E-state index contributed by atoms with van der Waals surface area (Å²) in [5.41, 5.74) is 12.3. The van der Waals surface area contributed by atoms with Crippen molar-refractivity contribution in [2.24, 2.45) is 0 Å². The molecule has 164 valence electrons. The SMILES string of the molecule is C/C=C\c1c(/C(=C(/C)CC)c2ccc3c(c2)-c2ccccc2C3(C)C)ccc2ccccc12. The number of hydrogen-bond donors (Lipinski definition) is 0. The largest absolute Gasteiger partial charge is 0.0870 e. The fourth-order valence-electron chi connectivity index (χ4n) is 5.54. The molecule has 0 amide bonds. The molecule has 0 spiro atoms. The van der Waals surface area contributed by atoms with Crippen LogP contribution in [0.25, 0.3) is 33.5 Å². The minimum atomic E-state index is 0.0349. The topological polar surface area (TPSA) is 0 Å². The van der Waals surface area contributed by atoms with E-state index in [0.29, 0.717) is 0 Å². The molecule has 1 aliphatic carbocycles. The predicted molar refractivity (Wildman–Crippen MR) is 145 cm³/mol. The van der Waals surface area contributed by atoms with E-state index in [2.05, 4.69) is 126 Å². The second-order valence-corrected chi connectivity index (χ2v) is 9.69. The molecule has 0 N–H and O–H groups in total. The van der Waals surface area contributed by atoms with E-state index < -0.39 is 0 Å². The van der Waals surface area contributed by atoms with Crippen LogP contribution in [0.3, 0.4) is 0 Å². The van der Waals surface area contributed by atoms with Crippen molar-refractivity contribution in [1.29, 1.82) is 0 Å². The summed E-state index contributed by atoms with van der Waals surface area (Å²) in [5.74, 6) is 0. The van der Waals surface area contributed by atoms with Gasteiger partial charge in [-0.15, -0.1) is 0 Å². The number of fused-ring (bicyclic) bond motifs is 4. The van der Waals surface area contributed by atoms with Gasteiger partial charge in [0.25, 0.3) is 0 Å². The first-order chi connectivity index (χ1) is 16.0. The minimum Gasteiger partial charge on any atom is -0.0870 e. The molecule has 0 heteroatoms. The van der Waals surface area contributed by atoms with Gasteiger partial charge < -0.3 is 0 Å². The first-order valence-corrected chi connectivity index (χ1v) is 12.1. The molecule has 4 aromatic carbocycles. The van der Waals surface area contributed by atoms with Crippen LogP contribution in [0.2, 0.25) is 0 Å². The van der Waals surface area contributed by atoms with Gasteiger partial charge in [0.15, 0.2) is 0 Å². The lowest BCUT2D eigenvalue weighted by molar-refractivity contribution is 0.660. The van der Waals surface area contributed by atoms with Gasteiger partial charge in [0.05, 0.1) is 0 Å². The zero-order chi connectivity index (χ0) is 23.2. The number of benzene rings is 4. The van der Waals surface area contributed by atoms with E-state index in [-0.39, 0.29) is 5.41 Å². The fourth-order valence-corrected chi connectivity index (χ4v) is 5.54. The molecule has 4 aromatic rings. The van der Waals surface area contributed by atoms with Crippen molar-refractivity contribution in [2.75, 3.05) is 0 Å². The molecule has 0 atom stereocenters. The smallest absolute Gasteiger partial charge is 0.0158 e. The summed E-state index contributed by atoms with van der Waals surface area (Å²) in [4.78, 5) is 0. The molecule has 0 aromatic heterocycles. The average molecular weight is 429 g/mol. The van der Waals surface area contributed by atoms with E-state index in [9.17, 15) is 0 Å². The minimum absolute atomic E-state index is 0.0349. The van der Waals surface area contributed by atoms with Crippen LogP contribution in [0.4, 0.5) is 0 Å². The summed E-state index contributed by atoms with van der Waals surface area (Å²) in [6, 6.07) is 29.3. The Labute approximate surface area is 198 Å². The van der Waals surface area contributed by atoms with Crippen LogP contribution in [0.5, 0.6) is 0 Å². The Morgan fingerprint density at radius 3 is 2.33 bits per heavy atom. The molecule has 0 radical (unpaired) electrons. The highest BCUT2D eigenvalue weighted by Crippen LogP contribution is 2.49. The number of hydrogen-bond acceptors (Lipinski definition) is 0. The van der Waals surface area contributed by atoms with Gasteiger partial charge in [-0.25, -0.2) is 0 Å². The highest BCUT2D eigenvalue weighted by atomic mass is 14.4. The average Bonchev–Trinajstić information content (AvgIpc) is 3.07. The van der Waals surface area contributed by atoms with E-state index in [1.54, 1.807) is 0 Å². The van der Waals surface area contributed by atoms with Gasteiger partial charge in [-0.3, -0.25) is 0 Å². The van der Waals surface area contributed by atoms with Gasteiger partial charge >= 0.3 is 0 Å². The van der Waals surface area contributed by atoms with Gasteiger partial charge in [0, 0.05) is 5.41 Å². The molecule has 1 aliphatic rings. The first-order valence-electron chi connectivity index (χ1n) is 12.1. The predicted octanol–water partition coefficient (Wildman–Crippen LogP) is 9.41. The van der Waals surface area contributed by atoms with E-state index in [1.165, 1.54) is 60.9 Å². The van der Waals surface area contributed by atoms with Crippen molar-refractivity contribution in [3.05, 3.63) is 118 Å². The molecule has 0 bridgehead atoms. The zero-order valence-electron chi connectivity index (χ0n) is 20.4. The monoisotopic (exact) mass is 428 g/mol. The van der Waals surface area contributed by atoms with Crippen LogP contribution < -0.4 is 0 Å². The maximum Gasteiger partial charge on any atom is 0.0158 e. The van der Waals surface area contributed by atoms with E-state index >= 15 is 0 Å². The zero-order valence-corrected chi connectivity index (χ0v) is 20.4. The van der Waals surface area contributed by atoms with E-state index in [4.69, 9.17) is 0 Å². The third-order valence-electron chi connectivity index (χ3n) is 7.40. The molecule has 0 aliphatic heterocycles. The number of rotatable bonds is 4. The molecule has 0 fully saturated rings. The molecule has 0 saturated carbocycles. The maximum absolute atomic E-state index is 2.44. The second kappa shape index (κ2) is 8.19. The molecule has 0 unspecified atom stereocenters. The van der Waals surface area contributed by atoms with Crippen LogP contribution in [-0.4, -0.2) is 0 Å². The Morgan fingerprint density at radius 1 is 0.818 bits per heavy atom. The maximum atomic E-state index is 2.44. The van der Waals surface area contributed by atoms with Crippen LogP contribution in [0.15, 0.2) is 90.5 Å². The molecule has 0 saturated heterocycles. The molecular weight excluding hydrogens is 396 g/mol. The Kier molecular flexibility index (Phi) is 5.33. The fraction of sp³-hybridized carbons (Fsp3) is 0.212. The van der Waals surface area contributed by atoms with Crippen molar-refractivity contribution < 1.29 is 0 Å². The highest BCUT2D eigenvalue weighted by Gasteiger charge is 2.35. The van der Waals surface area contributed by atoms with Crippen LogP contribution >= 0.6 is 0 Å². The van der Waals surface area contributed by atoms with Gasteiger partial charge in [-0.1, -0.05) is 111 Å². The normalized spacial score (nSPS) is 14.9. The quantitative estimate of drug-likeness (QED) is 0.304. The van der Waals surface area contributed by atoms with Crippen molar-refractivity contribution in [1.82, 2.24) is 0 Å². The number of allylic oxidation sites excluding steroid dienone is 2. The Balaban J connectivity index is 1.78. The third kappa shape index (κ3) is 3.37. The Morgan fingerprint density at radius 2 is 1.55 bits per heavy atom. The summed E-state index contributed by atoms with van der Waals surface area (Å²) in [6.45, 7) is 11.3. The van der Waals surface area contributed by atoms with Crippen molar-refractivity contribution in [3.63, 3.8) is 0 Å². The van der Waals surface area contributed by atoms with Gasteiger partial charge in [-0.05, 0) is 81.6 Å². The molecule has 0 heterocycles. The van der Waals surface area contributed by atoms with Crippen LogP contribution in [-0.2, 0) is 5.41 Å². The second-order valence-electron chi connectivity index (χ2n) is 9.69. The van der Waals surface area contributed by atoms with Crippen molar-refractivity contribution >= 4 is 22.4 Å². The lowest BCUT2D eigenvalue weighted by Crippen LogP contribution is -2.14. The van der Waals surface area contributed by atoms with Crippen molar-refractivity contribution in [2.45, 2.75) is 46.5 Å². The summed E-state index contributed by atoms with van der Waals surface area (Å²) in [7, 11) is 0. The highest BCUT2D eigenvalue weighted by molar-refractivity contribution is 5.99. The molecule has 33 heavy (non-hydrogen) atoms. The van der Waals surface area contributed by atoms with Crippen molar-refractivity contribution in [3.8, 4) is 11.1 Å². The van der Waals surface area contributed by atoms with Gasteiger partial charge in [0.1, 0.15) is 0 Å². The summed E-state index contributed by atoms with van der Waals surface area (Å²) in [5, 5.41) is 2.59. The summed E-state index contributed by atoms with van der Waals surface area (Å²) < 4.78 is 0. The lowest BCUT2D eigenvalue weighted by atomic mass is 9.81. The summed E-state index contributed by atoms with van der Waals surface area (Å²) in [6.07, 6.45) is 5.45. The molecule has 5 rings (SSSR count). The van der Waals surface area contributed by atoms with E-state index in [1.807, 2.05) is 0 Å². The molecule has 0 nitrogen and oxygen atoms in total. The van der Waals surface area contributed by atoms with Crippen LogP contribution in [0.1, 0.15) is 68.9 Å². The van der Waals surface area contributed by atoms with Crippen LogP contribution in [0, 0.1) is 0 Å².